The lowest BCUT2D eigenvalue weighted by Gasteiger charge is -2.37. The Morgan fingerprint density at radius 3 is 2.26 bits per heavy atom. The molecule has 1 fully saturated rings. The van der Waals surface area contributed by atoms with Crippen LogP contribution >= 0.6 is 0 Å². The highest BCUT2D eigenvalue weighted by atomic mass is 16.5. The van der Waals surface area contributed by atoms with Crippen LogP contribution in [-0.2, 0) is 23.8 Å². The Balaban J connectivity index is 1.47. The zero-order valence-corrected chi connectivity index (χ0v) is 20.0. The molecule has 0 aromatic heterocycles. The summed E-state index contributed by atoms with van der Waals surface area (Å²) in [5.41, 5.74) is 2.87. The second-order valence-corrected chi connectivity index (χ2v) is 8.92. The molecule has 2 amide bonds. The van der Waals surface area contributed by atoms with Crippen LogP contribution in [0.15, 0.2) is 48.5 Å². The maximum absolute atomic E-state index is 13.3. The maximum atomic E-state index is 13.3. The number of carbonyl (C=O) groups is 3. The summed E-state index contributed by atoms with van der Waals surface area (Å²) < 4.78 is 16.2. The molecule has 1 aliphatic carbocycles. The number of nitrogens with zero attached hydrogens (tertiary/aromatic N) is 1. The van der Waals surface area contributed by atoms with E-state index < -0.39 is 35.7 Å². The molecule has 1 saturated heterocycles. The van der Waals surface area contributed by atoms with Gasteiger partial charge in [0.25, 0.3) is 0 Å². The van der Waals surface area contributed by atoms with Crippen molar-refractivity contribution in [2.45, 2.75) is 36.9 Å². The van der Waals surface area contributed by atoms with Crippen molar-refractivity contribution in [1.82, 2.24) is 10.2 Å². The van der Waals surface area contributed by atoms with E-state index in [4.69, 9.17) is 14.2 Å². The van der Waals surface area contributed by atoms with Crippen LogP contribution in [0.2, 0.25) is 0 Å². The molecule has 0 spiro atoms. The fraction of sp³-hybridized carbons (Fsp3) is 0.423. The van der Waals surface area contributed by atoms with Crippen LogP contribution in [0.4, 0.5) is 4.79 Å². The van der Waals surface area contributed by atoms with Crippen LogP contribution in [0.1, 0.15) is 30.4 Å². The van der Waals surface area contributed by atoms with Gasteiger partial charge < -0.3 is 29.5 Å². The highest BCUT2D eigenvalue weighted by Gasteiger charge is 2.50. The Morgan fingerprint density at radius 2 is 1.74 bits per heavy atom. The highest BCUT2D eigenvalue weighted by molar-refractivity contribution is 5.92. The molecule has 1 aliphatic heterocycles. The number of amides is 2. The average molecular weight is 483 g/mol. The van der Waals surface area contributed by atoms with E-state index in [1.54, 1.807) is 6.92 Å². The number of fused-ring (bicyclic) bond motifs is 3. The van der Waals surface area contributed by atoms with Crippen molar-refractivity contribution in [3.05, 3.63) is 59.7 Å². The van der Waals surface area contributed by atoms with Gasteiger partial charge in [0.2, 0.25) is 5.91 Å². The number of hydrogen-bond acceptors (Lipinski definition) is 6. The molecular formula is C26H30N2O7. The van der Waals surface area contributed by atoms with Crippen molar-refractivity contribution in [2.24, 2.45) is 0 Å². The third-order valence-corrected chi connectivity index (χ3v) is 7.10. The lowest BCUT2D eigenvalue weighted by molar-refractivity contribution is -0.159. The van der Waals surface area contributed by atoms with Gasteiger partial charge in [-0.05, 0) is 29.2 Å². The van der Waals surface area contributed by atoms with E-state index in [1.807, 2.05) is 48.5 Å². The fourth-order valence-electron chi connectivity index (χ4n) is 4.83. The Hall–Kier alpha value is -3.43. The van der Waals surface area contributed by atoms with Gasteiger partial charge in [0.1, 0.15) is 12.6 Å². The van der Waals surface area contributed by atoms with Gasteiger partial charge in [0.15, 0.2) is 5.54 Å². The first kappa shape index (κ1) is 24.7. The Morgan fingerprint density at radius 1 is 1.14 bits per heavy atom. The van der Waals surface area contributed by atoms with Crippen molar-refractivity contribution < 1.29 is 33.7 Å². The molecule has 4 rings (SSSR count). The summed E-state index contributed by atoms with van der Waals surface area (Å²) in [6.07, 6.45) is -1.35. The van der Waals surface area contributed by atoms with Crippen LogP contribution in [0, 0.1) is 0 Å². The lowest BCUT2D eigenvalue weighted by atomic mass is 9.95. The molecule has 0 bridgehead atoms. The van der Waals surface area contributed by atoms with Gasteiger partial charge in [-0.1, -0.05) is 48.5 Å². The van der Waals surface area contributed by atoms with Crippen molar-refractivity contribution in [1.29, 1.82) is 0 Å². The molecule has 2 aliphatic rings. The summed E-state index contributed by atoms with van der Waals surface area (Å²) in [4.78, 5) is 39.3. The molecule has 1 heterocycles. The first-order valence-electron chi connectivity index (χ1n) is 11.5. The first-order valence-corrected chi connectivity index (χ1v) is 11.5. The number of nitrogens with one attached hydrogen (secondary N) is 1. The SMILES string of the molecule is COC(C)C(NC(=O)OCC1c2ccccc2-c2ccccc21)C(=O)N(C)C1(C(=O)O)CCOC1. The van der Waals surface area contributed by atoms with E-state index in [0.717, 1.165) is 27.2 Å². The Kier molecular flexibility index (Phi) is 7.09. The van der Waals surface area contributed by atoms with E-state index in [1.165, 1.54) is 14.2 Å². The molecule has 0 radical (unpaired) electrons. The number of likely N-dealkylation sites (N-methyl/N-ethyl adjacent to an activating group) is 1. The number of rotatable bonds is 8. The quantitative estimate of drug-likeness (QED) is 0.594. The number of alkyl carbamates (subject to hydrolysis) is 1. The third kappa shape index (κ3) is 4.49. The summed E-state index contributed by atoms with van der Waals surface area (Å²) >= 11 is 0. The minimum Gasteiger partial charge on any atom is -0.479 e. The summed E-state index contributed by atoms with van der Waals surface area (Å²) in [5, 5.41) is 12.4. The standard InChI is InChI=1S/C26H30N2O7/c1-16(33-3)22(23(29)28(2)26(24(30)31)12-13-34-15-26)27-25(32)35-14-21-19-10-6-4-8-17(19)18-9-5-7-11-20(18)21/h4-11,16,21-22H,12-15H2,1-3H3,(H,27,32)(H,30,31). The molecule has 35 heavy (non-hydrogen) atoms. The number of carboxylic acid groups (broad SMARTS) is 1. The monoisotopic (exact) mass is 482 g/mol. The van der Waals surface area contributed by atoms with Gasteiger partial charge in [-0.2, -0.15) is 0 Å². The molecule has 0 saturated carbocycles. The molecule has 2 aromatic rings. The van der Waals surface area contributed by atoms with Crippen molar-refractivity contribution in [3.63, 3.8) is 0 Å². The van der Waals surface area contributed by atoms with Crippen LogP contribution in [0.25, 0.3) is 11.1 Å². The van der Waals surface area contributed by atoms with Crippen LogP contribution in [-0.4, -0.2) is 79.6 Å². The number of carbonyl (C=O) groups excluding carboxylic acids is 2. The van der Waals surface area contributed by atoms with Crippen molar-refractivity contribution in [3.8, 4) is 11.1 Å². The predicted molar refractivity (Wildman–Crippen MR) is 127 cm³/mol. The smallest absolute Gasteiger partial charge is 0.407 e. The number of carboxylic acids is 1. The van der Waals surface area contributed by atoms with Gasteiger partial charge in [0.05, 0.1) is 12.7 Å². The molecule has 186 valence electrons. The summed E-state index contributed by atoms with van der Waals surface area (Å²) in [6, 6.07) is 14.8. The number of ether oxygens (including phenoxy) is 3. The van der Waals surface area contributed by atoms with Crippen molar-refractivity contribution >= 4 is 18.0 Å². The second kappa shape index (κ2) is 10.1. The normalized spacial score (nSPS) is 20.4. The summed E-state index contributed by atoms with van der Waals surface area (Å²) in [5.74, 6) is -1.88. The summed E-state index contributed by atoms with van der Waals surface area (Å²) in [6.45, 7) is 1.82. The van der Waals surface area contributed by atoms with E-state index in [-0.39, 0.29) is 32.2 Å². The van der Waals surface area contributed by atoms with Crippen LogP contribution in [0.5, 0.6) is 0 Å². The van der Waals surface area contributed by atoms with Gasteiger partial charge >= 0.3 is 12.1 Å². The van der Waals surface area contributed by atoms with E-state index in [2.05, 4.69) is 5.32 Å². The number of hydrogen-bond donors (Lipinski definition) is 2. The Bertz CT molecular complexity index is 1070. The number of aliphatic carboxylic acids is 1. The zero-order valence-electron chi connectivity index (χ0n) is 20.0. The van der Waals surface area contributed by atoms with Crippen LogP contribution in [0.3, 0.4) is 0 Å². The van der Waals surface area contributed by atoms with Gasteiger partial charge in [-0.15, -0.1) is 0 Å². The largest absolute Gasteiger partial charge is 0.479 e. The van der Waals surface area contributed by atoms with Gasteiger partial charge in [-0.25, -0.2) is 9.59 Å². The van der Waals surface area contributed by atoms with E-state index >= 15 is 0 Å². The van der Waals surface area contributed by atoms with Gasteiger partial charge in [0, 0.05) is 33.1 Å². The topological polar surface area (TPSA) is 114 Å². The first-order chi connectivity index (χ1) is 16.8. The molecule has 9 nitrogen and oxygen atoms in total. The molecule has 2 aromatic carbocycles. The van der Waals surface area contributed by atoms with Crippen molar-refractivity contribution in [2.75, 3.05) is 34.0 Å². The third-order valence-electron chi connectivity index (χ3n) is 7.10. The predicted octanol–water partition coefficient (Wildman–Crippen LogP) is 2.63. The second-order valence-electron chi connectivity index (χ2n) is 8.92. The van der Waals surface area contributed by atoms with Crippen LogP contribution < -0.4 is 5.32 Å². The average Bonchev–Trinajstić information content (AvgIpc) is 3.49. The molecule has 3 unspecified atom stereocenters. The number of methoxy groups -OCH3 is 1. The van der Waals surface area contributed by atoms with E-state index in [0.29, 0.717) is 0 Å². The minimum absolute atomic E-state index is 0.0882. The van der Waals surface area contributed by atoms with Gasteiger partial charge in [-0.3, -0.25) is 4.79 Å². The number of benzene rings is 2. The maximum Gasteiger partial charge on any atom is 0.407 e. The minimum atomic E-state index is -1.49. The lowest BCUT2D eigenvalue weighted by Crippen LogP contribution is -2.62. The highest BCUT2D eigenvalue weighted by Crippen LogP contribution is 2.44. The molecule has 2 N–H and O–H groups in total. The molecule has 9 heteroatoms. The van der Waals surface area contributed by atoms with E-state index in [9.17, 15) is 19.5 Å². The molecule has 3 atom stereocenters. The Labute approximate surface area is 204 Å². The summed E-state index contributed by atoms with van der Waals surface area (Å²) in [7, 11) is 2.82. The fourth-order valence-corrected chi connectivity index (χ4v) is 4.83. The zero-order chi connectivity index (χ0) is 25.2. The molecular weight excluding hydrogens is 452 g/mol.